The lowest BCUT2D eigenvalue weighted by molar-refractivity contribution is -0.140. The quantitative estimate of drug-likeness (QED) is 0.214. The highest BCUT2D eigenvalue weighted by atomic mass is 19.1. The molecule has 202 valence electrons. The van der Waals surface area contributed by atoms with Gasteiger partial charge in [-0.25, -0.2) is 13.8 Å². The lowest BCUT2D eigenvalue weighted by Crippen LogP contribution is -2.54. The topological polar surface area (TPSA) is 114 Å². The number of aldehydes is 1. The molecular weight excluding hydrogens is 492 g/mol. The van der Waals surface area contributed by atoms with Crippen LogP contribution in [0.2, 0.25) is 0 Å². The van der Waals surface area contributed by atoms with Gasteiger partial charge in [0.15, 0.2) is 11.6 Å². The zero-order valence-electron chi connectivity index (χ0n) is 21.6. The fourth-order valence-electron chi connectivity index (χ4n) is 5.15. The van der Waals surface area contributed by atoms with Gasteiger partial charge in [-0.3, -0.25) is 4.90 Å². The largest absolute Gasteiger partial charge is 0.493 e. The number of benzene rings is 1. The molecule has 0 amide bonds. The minimum absolute atomic E-state index is 0.0625. The Hall–Kier alpha value is -3.63. The number of pyridine rings is 1. The van der Waals surface area contributed by atoms with Gasteiger partial charge in [0, 0.05) is 84.1 Å². The molecule has 38 heavy (non-hydrogen) atoms. The first kappa shape index (κ1) is 27.4. The molecule has 1 aliphatic rings. The number of aliphatic hydroxyl groups is 1. The van der Waals surface area contributed by atoms with Crippen molar-refractivity contribution in [2.45, 2.75) is 50.8 Å². The Bertz CT molecular complexity index is 1330. The Balaban J connectivity index is 1.54. The smallest absolute Gasteiger partial charge is 0.168 e. The van der Waals surface area contributed by atoms with E-state index in [9.17, 15) is 18.7 Å². The molecule has 0 saturated carbocycles. The van der Waals surface area contributed by atoms with E-state index in [4.69, 9.17) is 10.1 Å². The van der Waals surface area contributed by atoms with Crippen molar-refractivity contribution in [3.05, 3.63) is 54.0 Å². The summed E-state index contributed by atoms with van der Waals surface area (Å²) in [5.41, 5.74) is 1.49. The highest BCUT2D eigenvalue weighted by Gasteiger charge is 2.35. The maximum Gasteiger partial charge on any atom is 0.168 e. The maximum atomic E-state index is 14.3. The van der Waals surface area contributed by atoms with Gasteiger partial charge >= 0.3 is 0 Å². The second kappa shape index (κ2) is 11.8. The van der Waals surface area contributed by atoms with Gasteiger partial charge in [-0.1, -0.05) is 13.3 Å². The second-order valence-electron chi connectivity index (χ2n) is 9.57. The third-order valence-electron chi connectivity index (χ3n) is 7.14. The third kappa shape index (κ3) is 5.61. The number of hydrogen-bond donors (Lipinski definition) is 4. The fraction of sp³-hybridized carbons (Fsp3) is 0.393. The Morgan fingerprint density at radius 2 is 2.08 bits per heavy atom. The molecule has 1 fully saturated rings. The van der Waals surface area contributed by atoms with E-state index >= 15 is 0 Å². The summed E-state index contributed by atoms with van der Waals surface area (Å²) in [6.07, 6.45) is 10.0. The summed E-state index contributed by atoms with van der Waals surface area (Å²) in [5, 5.41) is 22.9. The molecular formula is C28H33F2N5O3. The standard InChI is InChI=1S/C28H33F2N5O3/c1-3-6-28(37,7-10-36)35-8-4-21(5-9-35)32-16-19(14-31)18-11-23-24(17-34-27(23)33-15-18)22-12-20(29)13-25(30)26(22)38-2/h10-17,21,31-32,37H,3-9H2,1-2H3,(H,33,34)/b19-16+,31-14?. The van der Waals surface area contributed by atoms with Gasteiger partial charge in [-0.15, -0.1) is 0 Å². The van der Waals surface area contributed by atoms with E-state index in [0.717, 1.165) is 31.6 Å². The maximum absolute atomic E-state index is 14.3. The van der Waals surface area contributed by atoms with E-state index in [0.29, 0.717) is 47.2 Å². The molecule has 2 aromatic heterocycles. The molecule has 3 heterocycles. The lowest BCUT2D eigenvalue weighted by atomic mass is 9.96. The van der Waals surface area contributed by atoms with Crippen LogP contribution in [0.1, 0.15) is 44.6 Å². The van der Waals surface area contributed by atoms with E-state index in [1.807, 2.05) is 17.9 Å². The van der Waals surface area contributed by atoms with Crippen LogP contribution < -0.4 is 10.1 Å². The van der Waals surface area contributed by atoms with Crippen LogP contribution >= 0.6 is 0 Å². The molecule has 8 nitrogen and oxygen atoms in total. The van der Waals surface area contributed by atoms with Crippen LogP contribution in [0.5, 0.6) is 5.75 Å². The van der Waals surface area contributed by atoms with Crippen molar-refractivity contribution in [3.8, 4) is 16.9 Å². The summed E-state index contributed by atoms with van der Waals surface area (Å²) in [6.45, 7) is 3.30. The minimum Gasteiger partial charge on any atom is -0.493 e. The number of halogens is 2. The summed E-state index contributed by atoms with van der Waals surface area (Å²) in [7, 11) is 1.33. The fourth-order valence-corrected chi connectivity index (χ4v) is 5.15. The Labute approximate surface area is 220 Å². The highest BCUT2D eigenvalue weighted by molar-refractivity contribution is 6.09. The monoisotopic (exact) mass is 525 g/mol. The van der Waals surface area contributed by atoms with Crippen LogP contribution in [0.4, 0.5) is 8.78 Å². The van der Waals surface area contributed by atoms with Crippen molar-refractivity contribution in [1.82, 2.24) is 20.2 Å². The summed E-state index contributed by atoms with van der Waals surface area (Å²) in [6, 6.07) is 3.96. The summed E-state index contributed by atoms with van der Waals surface area (Å²) in [5.74, 6) is -1.57. The molecule has 4 N–H and O–H groups in total. The molecule has 1 saturated heterocycles. The van der Waals surface area contributed by atoms with Crippen molar-refractivity contribution in [3.63, 3.8) is 0 Å². The number of carbonyl (C=O) groups is 1. The van der Waals surface area contributed by atoms with Crippen LogP contribution in [0.3, 0.4) is 0 Å². The van der Waals surface area contributed by atoms with Crippen molar-refractivity contribution >= 4 is 29.1 Å². The molecule has 0 radical (unpaired) electrons. The van der Waals surface area contributed by atoms with E-state index in [2.05, 4.69) is 15.3 Å². The molecule has 1 unspecified atom stereocenters. The first-order chi connectivity index (χ1) is 18.3. The molecule has 0 spiro atoms. The van der Waals surface area contributed by atoms with Crippen molar-refractivity contribution in [2.24, 2.45) is 0 Å². The average Bonchev–Trinajstić information content (AvgIpc) is 3.32. The van der Waals surface area contributed by atoms with E-state index in [1.165, 1.54) is 19.4 Å². The van der Waals surface area contributed by atoms with E-state index < -0.39 is 17.4 Å². The number of methoxy groups -OCH3 is 1. The van der Waals surface area contributed by atoms with Crippen LogP contribution in [0, 0.1) is 17.0 Å². The first-order valence-corrected chi connectivity index (χ1v) is 12.7. The molecule has 0 aliphatic carbocycles. The van der Waals surface area contributed by atoms with Gasteiger partial charge in [0.05, 0.1) is 7.11 Å². The number of H-pyrrole nitrogens is 1. The minimum atomic E-state index is -1.10. The van der Waals surface area contributed by atoms with Gasteiger partial charge < -0.3 is 30.3 Å². The molecule has 0 bridgehead atoms. The van der Waals surface area contributed by atoms with Crippen LogP contribution in [0.15, 0.2) is 36.8 Å². The van der Waals surface area contributed by atoms with Crippen molar-refractivity contribution in [1.29, 1.82) is 5.41 Å². The number of fused-ring (bicyclic) bond motifs is 1. The Kier molecular flexibility index (Phi) is 8.53. The van der Waals surface area contributed by atoms with Gasteiger partial charge in [-0.05, 0) is 31.4 Å². The molecule has 4 rings (SSSR count). The number of allylic oxidation sites excluding steroid dienone is 1. The zero-order valence-corrected chi connectivity index (χ0v) is 21.6. The number of nitrogens with one attached hydrogen (secondary N) is 3. The number of likely N-dealkylation sites (tertiary alicyclic amines) is 1. The summed E-state index contributed by atoms with van der Waals surface area (Å²) >= 11 is 0. The number of aromatic nitrogens is 2. The van der Waals surface area contributed by atoms with Crippen LogP contribution in [0.25, 0.3) is 27.7 Å². The number of ether oxygens (including phenoxy) is 1. The van der Waals surface area contributed by atoms with E-state index in [1.54, 1.807) is 18.6 Å². The molecule has 1 atom stereocenters. The van der Waals surface area contributed by atoms with Crippen LogP contribution in [-0.2, 0) is 4.79 Å². The number of piperidine rings is 1. The molecule has 1 aromatic carbocycles. The van der Waals surface area contributed by atoms with Crippen molar-refractivity contribution in [2.75, 3.05) is 20.2 Å². The molecule has 10 heteroatoms. The Morgan fingerprint density at radius 1 is 1.32 bits per heavy atom. The third-order valence-corrected chi connectivity index (χ3v) is 7.14. The van der Waals surface area contributed by atoms with Crippen molar-refractivity contribution < 1.29 is 23.4 Å². The SMILES string of the molecule is CCCC(O)(CC=O)N1CCC(N/C=C(\C=N)c2cnc3[nH]cc(-c4cc(F)cc(F)c4OC)c3c2)CC1. The van der Waals surface area contributed by atoms with Gasteiger partial charge in [0.25, 0.3) is 0 Å². The number of hydrogen-bond acceptors (Lipinski definition) is 7. The lowest BCUT2D eigenvalue weighted by Gasteiger charge is -2.43. The van der Waals surface area contributed by atoms with Crippen LogP contribution in [-0.4, -0.2) is 64.4 Å². The number of nitrogens with zero attached hydrogens (tertiary/aromatic N) is 2. The number of carbonyl (C=O) groups excluding carboxylic acids is 1. The van der Waals surface area contributed by atoms with E-state index in [-0.39, 0.29) is 23.8 Å². The predicted octanol–water partition coefficient (Wildman–Crippen LogP) is 4.64. The Morgan fingerprint density at radius 3 is 2.74 bits per heavy atom. The number of rotatable bonds is 11. The normalized spacial score (nSPS) is 16.8. The van der Waals surface area contributed by atoms with Gasteiger partial charge in [0.1, 0.15) is 23.5 Å². The predicted molar refractivity (Wildman–Crippen MR) is 143 cm³/mol. The average molecular weight is 526 g/mol. The molecule has 3 aromatic rings. The van der Waals surface area contributed by atoms with Gasteiger partial charge in [-0.2, -0.15) is 0 Å². The molecule has 1 aliphatic heterocycles. The first-order valence-electron chi connectivity index (χ1n) is 12.7. The summed E-state index contributed by atoms with van der Waals surface area (Å²) < 4.78 is 33.6. The highest BCUT2D eigenvalue weighted by Crippen LogP contribution is 2.37. The number of aromatic amines is 1. The second-order valence-corrected chi connectivity index (χ2v) is 9.57. The summed E-state index contributed by atoms with van der Waals surface area (Å²) in [4.78, 5) is 20.6. The zero-order chi connectivity index (χ0) is 27.3. The van der Waals surface area contributed by atoms with Gasteiger partial charge in [0.2, 0.25) is 0 Å².